The van der Waals surface area contributed by atoms with Crippen molar-refractivity contribution in [3.63, 3.8) is 0 Å². The molecule has 1 N–H and O–H groups in total. The number of hydrogen-bond donors (Lipinski definition) is 1. The first kappa shape index (κ1) is 26.7. The number of carbonyl (C=O) groups excluding carboxylic acids is 1. The van der Waals surface area contributed by atoms with Gasteiger partial charge in [-0.15, -0.1) is 0 Å². The molecule has 40 heavy (non-hydrogen) atoms. The number of nitrogens with zero attached hydrogens (tertiary/aromatic N) is 2. The number of esters is 1. The number of pyridine rings is 1. The van der Waals surface area contributed by atoms with Crippen LogP contribution in [0.2, 0.25) is 0 Å². The van der Waals surface area contributed by atoms with Crippen LogP contribution in [0.3, 0.4) is 0 Å². The molecule has 3 aromatic rings. The molecule has 1 unspecified atom stereocenters. The molecule has 3 aliphatic rings. The molecule has 212 valence electrons. The van der Waals surface area contributed by atoms with E-state index in [-0.39, 0.29) is 61.0 Å². The molecule has 3 heterocycles. The Bertz CT molecular complexity index is 1650. The number of carbonyl (C=O) groups is 1. The SMILES string of the molecule is CS(=O)(=O)OCC1(O)CCN2c3c(F)cc4c(=O)c(C(=O)OCc5ccccc5)cn(C5CC5)c4c3OC[C@H]2C1. The van der Waals surface area contributed by atoms with Crippen LogP contribution in [0.4, 0.5) is 10.1 Å². The lowest BCUT2D eigenvalue weighted by Crippen LogP contribution is -2.56. The number of fused-ring (bicyclic) bond motifs is 5. The van der Waals surface area contributed by atoms with Gasteiger partial charge in [0.05, 0.1) is 35.4 Å². The molecule has 2 aliphatic heterocycles. The molecule has 0 radical (unpaired) electrons. The summed E-state index contributed by atoms with van der Waals surface area (Å²) in [7, 11) is -3.74. The first-order chi connectivity index (χ1) is 19.0. The first-order valence-electron chi connectivity index (χ1n) is 13.1. The van der Waals surface area contributed by atoms with E-state index >= 15 is 4.39 Å². The Hall–Kier alpha value is -3.48. The molecule has 0 bridgehead atoms. The summed E-state index contributed by atoms with van der Waals surface area (Å²) in [6.45, 7) is -0.0785. The number of benzene rings is 2. The van der Waals surface area contributed by atoms with Crippen molar-refractivity contribution in [3.8, 4) is 5.75 Å². The highest BCUT2D eigenvalue weighted by Gasteiger charge is 2.44. The zero-order valence-electron chi connectivity index (χ0n) is 21.8. The Morgan fingerprint density at radius 2 is 1.98 bits per heavy atom. The second-order valence-electron chi connectivity index (χ2n) is 10.8. The average Bonchev–Trinajstić information content (AvgIpc) is 3.77. The van der Waals surface area contributed by atoms with Gasteiger partial charge in [0.25, 0.3) is 10.1 Å². The fraction of sp³-hybridized carbons (Fsp3) is 0.429. The number of aliphatic hydroxyl groups is 1. The van der Waals surface area contributed by atoms with Crippen molar-refractivity contribution >= 4 is 32.7 Å². The standard InChI is InChI=1S/C28H29FN2O8S/c1-40(35,36)39-16-28(34)9-10-30-19(12-28)15-37-26-23-20(11-22(29)24(26)30)25(32)21(13-31(23)18-7-8-18)27(33)38-14-17-5-3-2-4-6-17/h2-6,11,13,18-19,34H,7-10,12,14-16H2,1H3/t19-,28?/m1/s1. The lowest BCUT2D eigenvalue weighted by atomic mass is 9.86. The smallest absolute Gasteiger partial charge is 0.343 e. The van der Waals surface area contributed by atoms with Crippen molar-refractivity contribution in [2.45, 2.75) is 50.0 Å². The largest absolute Gasteiger partial charge is 0.487 e. The molecule has 10 nitrogen and oxygen atoms in total. The summed E-state index contributed by atoms with van der Waals surface area (Å²) in [5.74, 6) is -1.24. The molecule has 12 heteroatoms. The van der Waals surface area contributed by atoms with Gasteiger partial charge in [-0.05, 0) is 30.9 Å². The second kappa shape index (κ2) is 9.86. The molecule has 0 amide bonds. The van der Waals surface area contributed by atoms with Gasteiger partial charge in [0.15, 0.2) is 11.6 Å². The highest BCUT2D eigenvalue weighted by molar-refractivity contribution is 7.85. The average molecular weight is 573 g/mol. The molecule has 1 saturated carbocycles. The molecular weight excluding hydrogens is 543 g/mol. The van der Waals surface area contributed by atoms with Gasteiger partial charge in [0.1, 0.15) is 24.5 Å². The van der Waals surface area contributed by atoms with Gasteiger partial charge in [-0.25, -0.2) is 9.18 Å². The lowest BCUT2D eigenvalue weighted by molar-refractivity contribution is -0.0376. The van der Waals surface area contributed by atoms with E-state index in [1.165, 1.54) is 6.20 Å². The number of ether oxygens (including phenoxy) is 2. The molecule has 2 fully saturated rings. The first-order valence-corrected chi connectivity index (χ1v) is 14.9. The summed E-state index contributed by atoms with van der Waals surface area (Å²) < 4.78 is 56.8. The van der Waals surface area contributed by atoms with E-state index in [1.54, 1.807) is 4.90 Å². The maximum atomic E-state index is 15.7. The quantitative estimate of drug-likeness (QED) is 0.336. The fourth-order valence-electron chi connectivity index (χ4n) is 5.57. The van der Waals surface area contributed by atoms with Crippen molar-refractivity contribution in [2.24, 2.45) is 0 Å². The van der Waals surface area contributed by atoms with Crippen LogP contribution in [0.25, 0.3) is 10.9 Å². The van der Waals surface area contributed by atoms with Gasteiger partial charge < -0.3 is 24.0 Å². The predicted octanol–water partition coefficient (Wildman–Crippen LogP) is 2.90. The van der Waals surface area contributed by atoms with Gasteiger partial charge in [-0.1, -0.05) is 30.3 Å². The van der Waals surface area contributed by atoms with Crippen LogP contribution in [0, 0.1) is 5.82 Å². The summed E-state index contributed by atoms with van der Waals surface area (Å²) in [5.41, 5.74) is -0.839. The molecule has 0 spiro atoms. The molecule has 1 saturated heterocycles. The van der Waals surface area contributed by atoms with Gasteiger partial charge in [-0.3, -0.25) is 8.98 Å². The van der Waals surface area contributed by atoms with E-state index in [4.69, 9.17) is 13.7 Å². The van der Waals surface area contributed by atoms with Crippen LogP contribution in [0.15, 0.2) is 47.4 Å². The van der Waals surface area contributed by atoms with Crippen molar-refractivity contribution in [3.05, 3.63) is 69.8 Å². The Balaban J connectivity index is 1.35. The maximum absolute atomic E-state index is 15.7. The molecular formula is C28H29FN2O8S. The number of rotatable bonds is 7. The Kier molecular flexibility index (Phi) is 6.59. The topological polar surface area (TPSA) is 124 Å². The van der Waals surface area contributed by atoms with Gasteiger partial charge >= 0.3 is 5.97 Å². The van der Waals surface area contributed by atoms with Crippen molar-refractivity contribution < 1.29 is 36.4 Å². The second-order valence-corrected chi connectivity index (χ2v) is 12.5. The van der Waals surface area contributed by atoms with E-state index in [0.717, 1.165) is 30.7 Å². The third kappa shape index (κ3) is 5.06. The van der Waals surface area contributed by atoms with Crippen LogP contribution in [0.5, 0.6) is 5.75 Å². The van der Waals surface area contributed by atoms with Gasteiger partial charge in [0, 0.05) is 25.2 Å². The molecule has 1 aromatic heterocycles. The zero-order valence-corrected chi connectivity index (χ0v) is 22.7. The molecule has 6 rings (SSSR count). The van der Waals surface area contributed by atoms with Gasteiger partial charge in [-0.2, -0.15) is 8.42 Å². The summed E-state index contributed by atoms with van der Waals surface area (Å²) >= 11 is 0. The van der Waals surface area contributed by atoms with Crippen molar-refractivity contribution in [2.75, 3.05) is 30.9 Å². The Morgan fingerprint density at radius 3 is 2.67 bits per heavy atom. The van der Waals surface area contributed by atoms with Gasteiger partial charge in [0.2, 0.25) is 5.43 Å². The molecule has 2 aromatic carbocycles. The number of aromatic nitrogens is 1. The normalized spacial score (nSPS) is 22.4. The Labute approximate surface area is 230 Å². The highest BCUT2D eigenvalue weighted by Crippen LogP contribution is 2.47. The number of anilines is 1. The zero-order chi connectivity index (χ0) is 28.2. The number of halogens is 1. The molecule has 1 aliphatic carbocycles. The van der Waals surface area contributed by atoms with Crippen LogP contribution < -0.4 is 15.1 Å². The van der Waals surface area contributed by atoms with Crippen molar-refractivity contribution in [1.82, 2.24) is 4.57 Å². The minimum absolute atomic E-state index is 0.000161. The third-order valence-corrected chi connectivity index (χ3v) is 8.24. The van der Waals surface area contributed by atoms with Crippen molar-refractivity contribution in [1.29, 1.82) is 0 Å². The highest BCUT2D eigenvalue weighted by atomic mass is 32.2. The minimum atomic E-state index is -3.74. The minimum Gasteiger partial charge on any atom is -0.487 e. The number of hydrogen-bond acceptors (Lipinski definition) is 9. The van der Waals surface area contributed by atoms with Crippen LogP contribution in [0.1, 0.15) is 47.6 Å². The Morgan fingerprint density at radius 1 is 1.23 bits per heavy atom. The number of piperidine rings is 1. The van der Waals surface area contributed by atoms with Crippen LogP contribution in [-0.2, 0) is 25.6 Å². The summed E-state index contributed by atoms with van der Waals surface area (Å²) in [4.78, 5) is 28.3. The van der Waals surface area contributed by atoms with E-state index in [2.05, 4.69) is 0 Å². The fourth-order valence-corrected chi connectivity index (χ4v) is 6.00. The van der Waals surface area contributed by atoms with E-state index < -0.39 is 45.6 Å². The van der Waals surface area contributed by atoms with E-state index in [9.17, 15) is 23.1 Å². The molecule has 2 atom stereocenters. The summed E-state index contributed by atoms with van der Waals surface area (Å²) in [5, 5.41) is 11.0. The monoisotopic (exact) mass is 572 g/mol. The lowest BCUT2D eigenvalue weighted by Gasteiger charge is -2.47. The van der Waals surface area contributed by atoms with E-state index in [0.29, 0.717) is 5.52 Å². The predicted molar refractivity (Wildman–Crippen MR) is 144 cm³/mol. The maximum Gasteiger partial charge on any atom is 0.343 e. The summed E-state index contributed by atoms with van der Waals surface area (Å²) in [6.07, 6.45) is 4.34. The van der Waals surface area contributed by atoms with Crippen LogP contribution >= 0.6 is 0 Å². The third-order valence-electron chi connectivity index (χ3n) is 7.69. The summed E-state index contributed by atoms with van der Waals surface area (Å²) in [6, 6.07) is 9.84. The van der Waals surface area contributed by atoms with Crippen LogP contribution in [-0.4, -0.2) is 61.7 Å². The van der Waals surface area contributed by atoms with E-state index in [1.807, 2.05) is 34.9 Å².